The molecule has 0 aliphatic heterocycles. The largest absolute Gasteiger partial charge is 0.465 e. The van der Waals surface area contributed by atoms with Crippen LogP contribution in [0.3, 0.4) is 0 Å². The fourth-order valence-corrected chi connectivity index (χ4v) is 3.39. The van der Waals surface area contributed by atoms with E-state index < -0.39 is 27.6 Å². The Hall–Kier alpha value is -2.94. The molecule has 0 heterocycles. The molecule has 0 aliphatic rings. The van der Waals surface area contributed by atoms with Crippen molar-refractivity contribution in [1.82, 2.24) is 0 Å². The van der Waals surface area contributed by atoms with Crippen molar-refractivity contribution in [2.24, 2.45) is 0 Å². The van der Waals surface area contributed by atoms with E-state index in [4.69, 9.17) is 4.74 Å². The van der Waals surface area contributed by atoms with E-state index >= 15 is 0 Å². The summed E-state index contributed by atoms with van der Waals surface area (Å²) < 4.78 is 4.73. The van der Waals surface area contributed by atoms with E-state index in [9.17, 15) is 25.0 Å². The first-order valence-electron chi connectivity index (χ1n) is 7.12. The highest BCUT2D eigenvalue weighted by atomic mass is 32.2. The molecule has 0 radical (unpaired) electrons. The Bertz CT molecular complexity index is 793. The third-order valence-electron chi connectivity index (χ3n) is 3.35. The van der Waals surface area contributed by atoms with Crippen LogP contribution in [0.25, 0.3) is 0 Å². The first kappa shape index (κ1) is 18.4. The Morgan fingerprint density at radius 1 is 1.12 bits per heavy atom. The van der Waals surface area contributed by atoms with Crippen LogP contribution in [-0.4, -0.2) is 29.5 Å². The summed E-state index contributed by atoms with van der Waals surface area (Å²) in [7, 11) is 1.26. The van der Waals surface area contributed by atoms with E-state index in [1.54, 1.807) is 24.3 Å². The van der Waals surface area contributed by atoms with Gasteiger partial charge in [0.05, 0.1) is 22.8 Å². The standard InChI is InChI=1S/C16H14N2O6S/c1-24-16(19)13-4-2-3-5-14(13)25-15(10-17(20)21)11-6-8-12(9-7-11)18(22)23/h2-9,15H,10H2,1H3. The van der Waals surface area contributed by atoms with Gasteiger partial charge in [0.25, 0.3) is 5.69 Å². The van der Waals surface area contributed by atoms with Crippen LogP contribution in [0.4, 0.5) is 5.69 Å². The van der Waals surface area contributed by atoms with Gasteiger partial charge in [0.2, 0.25) is 6.54 Å². The molecule has 2 aromatic rings. The normalized spacial score (nSPS) is 11.6. The van der Waals surface area contributed by atoms with Gasteiger partial charge in [-0.05, 0) is 17.7 Å². The lowest BCUT2D eigenvalue weighted by Gasteiger charge is -2.15. The number of methoxy groups -OCH3 is 1. The number of benzene rings is 2. The molecule has 25 heavy (non-hydrogen) atoms. The molecule has 0 aliphatic carbocycles. The number of hydrogen-bond donors (Lipinski definition) is 0. The number of carbonyl (C=O) groups is 1. The second-order valence-corrected chi connectivity index (χ2v) is 6.20. The minimum Gasteiger partial charge on any atom is -0.465 e. The minimum absolute atomic E-state index is 0.0939. The van der Waals surface area contributed by atoms with Crippen LogP contribution in [0.1, 0.15) is 21.2 Å². The van der Waals surface area contributed by atoms with E-state index in [0.29, 0.717) is 16.0 Å². The number of hydrogen-bond acceptors (Lipinski definition) is 7. The molecule has 0 spiro atoms. The fourth-order valence-electron chi connectivity index (χ4n) is 2.16. The van der Waals surface area contributed by atoms with Crippen LogP contribution < -0.4 is 0 Å². The van der Waals surface area contributed by atoms with E-state index in [2.05, 4.69) is 0 Å². The predicted molar refractivity (Wildman–Crippen MR) is 91.3 cm³/mol. The number of nitrogens with zero attached hydrogens (tertiary/aromatic N) is 2. The quantitative estimate of drug-likeness (QED) is 0.320. The summed E-state index contributed by atoms with van der Waals surface area (Å²) in [6.07, 6.45) is 0. The summed E-state index contributed by atoms with van der Waals surface area (Å²) in [6, 6.07) is 12.2. The summed E-state index contributed by atoms with van der Waals surface area (Å²) >= 11 is 1.14. The molecule has 9 heteroatoms. The molecular weight excluding hydrogens is 348 g/mol. The van der Waals surface area contributed by atoms with Crippen molar-refractivity contribution in [2.75, 3.05) is 13.7 Å². The second-order valence-electron chi connectivity index (χ2n) is 4.96. The van der Waals surface area contributed by atoms with Gasteiger partial charge < -0.3 is 4.74 Å². The maximum Gasteiger partial charge on any atom is 0.338 e. The average molecular weight is 362 g/mol. The zero-order valence-electron chi connectivity index (χ0n) is 13.2. The molecule has 0 N–H and O–H groups in total. The van der Waals surface area contributed by atoms with Gasteiger partial charge in [-0.2, -0.15) is 0 Å². The van der Waals surface area contributed by atoms with Gasteiger partial charge >= 0.3 is 5.97 Å². The highest BCUT2D eigenvalue weighted by molar-refractivity contribution is 7.99. The SMILES string of the molecule is COC(=O)c1ccccc1SC(C[N+](=O)[O-])c1ccc([N+](=O)[O-])cc1. The average Bonchev–Trinajstić information content (AvgIpc) is 2.60. The van der Waals surface area contributed by atoms with Crippen LogP contribution in [0, 0.1) is 20.2 Å². The number of rotatable bonds is 7. The number of esters is 1. The van der Waals surface area contributed by atoms with Gasteiger partial charge in [0.1, 0.15) is 0 Å². The topological polar surface area (TPSA) is 113 Å². The molecule has 2 aromatic carbocycles. The molecule has 0 saturated carbocycles. The lowest BCUT2D eigenvalue weighted by molar-refractivity contribution is -0.479. The summed E-state index contributed by atoms with van der Waals surface area (Å²) in [5.41, 5.74) is 0.779. The summed E-state index contributed by atoms with van der Waals surface area (Å²) in [5, 5.41) is 21.2. The third-order valence-corrected chi connectivity index (χ3v) is 4.67. The highest BCUT2D eigenvalue weighted by Crippen LogP contribution is 2.37. The Kier molecular flexibility index (Phi) is 6.07. The number of nitro groups is 2. The Morgan fingerprint density at radius 3 is 2.32 bits per heavy atom. The number of carbonyl (C=O) groups excluding carboxylic acids is 1. The van der Waals surface area contributed by atoms with Crippen molar-refractivity contribution in [3.8, 4) is 0 Å². The van der Waals surface area contributed by atoms with Crippen molar-refractivity contribution in [1.29, 1.82) is 0 Å². The van der Waals surface area contributed by atoms with Gasteiger partial charge in [0, 0.05) is 22.0 Å². The summed E-state index contributed by atoms with van der Waals surface area (Å²) in [5.74, 6) is -0.536. The first-order chi connectivity index (χ1) is 11.9. The van der Waals surface area contributed by atoms with Crippen molar-refractivity contribution in [3.63, 3.8) is 0 Å². The van der Waals surface area contributed by atoms with Crippen LogP contribution in [-0.2, 0) is 4.74 Å². The van der Waals surface area contributed by atoms with Crippen molar-refractivity contribution >= 4 is 23.4 Å². The van der Waals surface area contributed by atoms with Crippen molar-refractivity contribution in [2.45, 2.75) is 10.1 Å². The smallest absolute Gasteiger partial charge is 0.338 e. The summed E-state index contributed by atoms with van der Waals surface area (Å²) in [4.78, 5) is 33.2. The van der Waals surface area contributed by atoms with Gasteiger partial charge in [-0.3, -0.25) is 20.2 Å². The number of thioether (sulfide) groups is 1. The maximum atomic E-state index is 11.8. The molecule has 1 atom stereocenters. The third kappa shape index (κ3) is 4.77. The van der Waals surface area contributed by atoms with E-state index in [1.807, 2.05) is 0 Å². The summed E-state index contributed by atoms with van der Waals surface area (Å²) in [6.45, 7) is -0.391. The molecule has 0 bridgehead atoms. The molecule has 0 saturated heterocycles. The monoisotopic (exact) mass is 362 g/mol. The van der Waals surface area contributed by atoms with Crippen LogP contribution >= 0.6 is 11.8 Å². The number of nitro benzene ring substituents is 1. The Balaban J connectivity index is 2.34. The lowest BCUT2D eigenvalue weighted by atomic mass is 10.1. The van der Waals surface area contributed by atoms with E-state index in [-0.39, 0.29) is 5.69 Å². The van der Waals surface area contributed by atoms with Gasteiger partial charge in [-0.15, -0.1) is 11.8 Å². The lowest BCUT2D eigenvalue weighted by Crippen LogP contribution is -2.11. The predicted octanol–water partition coefficient (Wildman–Crippen LogP) is 3.49. The molecule has 1 unspecified atom stereocenters. The zero-order chi connectivity index (χ0) is 18.4. The van der Waals surface area contributed by atoms with Crippen LogP contribution in [0.2, 0.25) is 0 Å². The van der Waals surface area contributed by atoms with Crippen molar-refractivity contribution in [3.05, 3.63) is 79.9 Å². The zero-order valence-corrected chi connectivity index (χ0v) is 14.0. The van der Waals surface area contributed by atoms with Crippen LogP contribution in [0.15, 0.2) is 53.4 Å². The number of ether oxygens (including phenoxy) is 1. The highest BCUT2D eigenvalue weighted by Gasteiger charge is 2.23. The Labute approximate surface area is 147 Å². The van der Waals surface area contributed by atoms with Gasteiger partial charge in [-0.1, -0.05) is 24.3 Å². The molecule has 130 valence electrons. The Morgan fingerprint density at radius 2 is 1.76 bits per heavy atom. The minimum atomic E-state index is -0.610. The van der Waals surface area contributed by atoms with Crippen LogP contribution in [0.5, 0.6) is 0 Å². The molecular formula is C16H14N2O6S. The molecule has 2 rings (SSSR count). The van der Waals surface area contributed by atoms with Gasteiger partial charge in [0.15, 0.2) is 0 Å². The maximum absolute atomic E-state index is 11.8. The second kappa shape index (κ2) is 8.25. The molecule has 8 nitrogen and oxygen atoms in total. The first-order valence-corrected chi connectivity index (χ1v) is 8.00. The fraction of sp³-hybridized carbons (Fsp3) is 0.188. The van der Waals surface area contributed by atoms with Gasteiger partial charge in [-0.25, -0.2) is 4.79 Å². The molecule has 0 aromatic heterocycles. The number of non-ortho nitro benzene ring substituents is 1. The molecule has 0 fully saturated rings. The van der Waals surface area contributed by atoms with E-state index in [0.717, 1.165) is 11.8 Å². The van der Waals surface area contributed by atoms with Crippen molar-refractivity contribution < 1.29 is 19.4 Å². The molecule has 0 amide bonds. The van der Waals surface area contributed by atoms with E-state index in [1.165, 1.54) is 31.4 Å².